The van der Waals surface area contributed by atoms with Gasteiger partial charge in [-0.15, -0.1) is 12.3 Å². The number of hydrogen-bond donors (Lipinski definition) is 1. The van der Waals surface area contributed by atoms with E-state index >= 15 is 0 Å². The highest BCUT2D eigenvalue weighted by molar-refractivity contribution is 5.30. The molecule has 0 saturated carbocycles. The van der Waals surface area contributed by atoms with Crippen molar-refractivity contribution >= 4 is 0 Å². The van der Waals surface area contributed by atoms with E-state index in [-0.39, 0.29) is 11.9 Å². The van der Waals surface area contributed by atoms with E-state index in [9.17, 15) is 4.39 Å². The summed E-state index contributed by atoms with van der Waals surface area (Å²) in [4.78, 5) is 0. The Bertz CT molecular complexity index is 382. The highest BCUT2D eigenvalue weighted by Gasteiger charge is 2.07. The van der Waals surface area contributed by atoms with E-state index in [1.54, 1.807) is 19.1 Å². The highest BCUT2D eigenvalue weighted by Crippen LogP contribution is 2.20. The lowest BCUT2D eigenvalue weighted by atomic mass is 10.1. The normalized spacial score (nSPS) is 11.9. The second-order valence-corrected chi connectivity index (χ2v) is 3.63. The SMILES string of the molecule is C#CCCCOc1ccc(C(C)N)c(F)c1. The number of unbranched alkanes of at least 4 members (excludes halogenated alkanes) is 1. The predicted octanol–water partition coefficient (Wildman–Crippen LogP) is 2.64. The molecule has 0 amide bonds. The molecule has 0 bridgehead atoms. The minimum atomic E-state index is -0.329. The fourth-order valence-corrected chi connectivity index (χ4v) is 1.33. The monoisotopic (exact) mass is 221 g/mol. The second kappa shape index (κ2) is 6.14. The molecule has 0 fully saturated rings. The molecule has 16 heavy (non-hydrogen) atoms. The number of benzene rings is 1. The maximum atomic E-state index is 13.5. The highest BCUT2D eigenvalue weighted by atomic mass is 19.1. The van der Waals surface area contributed by atoms with Gasteiger partial charge >= 0.3 is 0 Å². The number of rotatable bonds is 5. The third-order valence-corrected chi connectivity index (χ3v) is 2.20. The Kier molecular flexibility index (Phi) is 4.81. The van der Waals surface area contributed by atoms with Crippen LogP contribution in [0, 0.1) is 18.2 Å². The zero-order valence-corrected chi connectivity index (χ0v) is 9.37. The van der Waals surface area contributed by atoms with Gasteiger partial charge in [-0.3, -0.25) is 0 Å². The Morgan fingerprint density at radius 2 is 2.31 bits per heavy atom. The molecule has 0 aromatic heterocycles. The van der Waals surface area contributed by atoms with Crippen LogP contribution >= 0.6 is 0 Å². The molecule has 1 rings (SSSR count). The second-order valence-electron chi connectivity index (χ2n) is 3.63. The van der Waals surface area contributed by atoms with Crippen molar-refractivity contribution in [2.75, 3.05) is 6.61 Å². The van der Waals surface area contributed by atoms with E-state index in [0.29, 0.717) is 24.3 Å². The summed E-state index contributed by atoms with van der Waals surface area (Å²) in [5.74, 6) is 2.70. The molecule has 3 heteroatoms. The van der Waals surface area contributed by atoms with Gasteiger partial charge in [0.15, 0.2) is 0 Å². The Labute approximate surface area is 95.6 Å². The molecular formula is C13H16FNO. The first kappa shape index (κ1) is 12.5. The van der Waals surface area contributed by atoms with E-state index in [1.165, 1.54) is 6.07 Å². The lowest BCUT2D eigenvalue weighted by Gasteiger charge is -2.10. The van der Waals surface area contributed by atoms with E-state index in [0.717, 1.165) is 6.42 Å². The largest absolute Gasteiger partial charge is 0.493 e. The lowest BCUT2D eigenvalue weighted by molar-refractivity contribution is 0.311. The summed E-state index contributed by atoms with van der Waals surface area (Å²) in [5.41, 5.74) is 6.10. The van der Waals surface area contributed by atoms with Crippen LogP contribution in [-0.4, -0.2) is 6.61 Å². The van der Waals surface area contributed by atoms with Crippen LogP contribution in [0.25, 0.3) is 0 Å². The van der Waals surface area contributed by atoms with Crippen LogP contribution in [0.15, 0.2) is 18.2 Å². The van der Waals surface area contributed by atoms with Crippen LogP contribution < -0.4 is 10.5 Å². The van der Waals surface area contributed by atoms with Gasteiger partial charge in [0.05, 0.1) is 6.61 Å². The fraction of sp³-hybridized carbons (Fsp3) is 0.385. The number of terminal acetylenes is 1. The number of nitrogens with two attached hydrogens (primary N) is 1. The van der Waals surface area contributed by atoms with Crippen LogP contribution in [0.5, 0.6) is 5.75 Å². The Morgan fingerprint density at radius 1 is 1.56 bits per heavy atom. The van der Waals surface area contributed by atoms with Crippen LogP contribution in [0.4, 0.5) is 4.39 Å². The van der Waals surface area contributed by atoms with E-state index in [2.05, 4.69) is 5.92 Å². The fourth-order valence-electron chi connectivity index (χ4n) is 1.33. The first-order chi connectivity index (χ1) is 7.65. The minimum absolute atomic E-state index is 0.310. The maximum Gasteiger partial charge on any atom is 0.131 e. The molecule has 1 aromatic carbocycles. The van der Waals surface area contributed by atoms with Gasteiger partial charge in [-0.1, -0.05) is 6.07 Å². The molecule has 2 nitrogen and oxygen atoms in total. The molecule has 1 atom stereocenters. The van der Waals surface area contributed by atoms with Crippen molar-refractivity contribution in [1.29, 1.82) is 0 Å². The Morgan fingerprint density at radius 3 is 2.88 bits per heavy atom. The molecule has 0 aliphatic heterocycles. The first-order valence-corrected chi connectivity index (χ1v) is 5.26. The van der Waals surface area contributed by atoms with Gasteiger partial charge in [0.2, 0.25) is 0 Å². The van der Waals surface area contributed by atoms with Gasteiger partial charge in [-0.25, -0.2) is 4.39 Å². The molecule has 1 unspecified atom stereocenters. The van der Waals surface area contributed by atoms with Crippen molar-refractivity contribution in [3.63, 3.8) is 0 Å². The van der Waals surface area contributed by atoms with Crippen molar-refractivity contribution in [3.8, 4) is 18.1 Å². The molecule has 0 heterocycles. The standard InChI is InChI=1S/C13H16FNO/c1-3-4-5-8-16-11-6-7-12(10(2)15)13(14)9-11/h1,6-7,9-10H,4-5,8,15H2,2H3. The summed E-state index contributed by atoms with van der Waals surface area (Å²) >= 11 is 0. The number of hydrogen-bond acceptors (Lipinski definition) is 2. The summed E-state index contributed by atoms with van der Waals surface area (Å²) in [6.45, 7) is 2.24. The lowest BCUT2D eigenvalue weighted by Crippen LogP contribution is -2.07. The summed E-state index contributed by atoms with van der Waals surface area (Å²) in [5, 5.41) is 0. The van der Waals surface area contributed by atoms with Gasteiger partial charge in [-0.05, 0) is 19.4 Å². The number of halogens is 1. The van der Waals surface area contributed by atoms with Crippen molar-refractivity contribution < 1.29 is 9.13 Å². The van der Waals surface area contributed by atoms with Gasteiger partial charge < -0.3 is 10.5 Å². The van der Waals surface area contributed by atoms with Crippen LogP contribution in [0.1, 0.15) is 31.4 Å². The van der Waals surface area contributed by atoms with Crippen LogP contribution in [-0.2, 0) is 0 Å². The summed E-state index contributed by atoms with van der Waals surface area (Å²) in [7, 11) is 0. The molecule has 1 aromatic rings. The smallest absolute Gasteiger partial charge is 0.131 e. The first-order valence-electron chi connectivity index (χ1n) is 5.26. The maximum absolute atomic E-state index is 13.5. The third-order valence-electron chi connectivity index (χ3n) is 2.20. The average molecular weight is 221 g/mol. The summed E-state index contributed by atoms with van der Waals surface area (Å²) < 4.78 is 18.8. The molecule has 86 valence electrons. The molecule has 0 saturated heterocycles. The quantitative estimate of drug-likeness (QED) is 0.612. The number of ether oxygens (including phenoxy) is 1. The van der Waals surface area contributed by atoms with Crippen molar-refractivity contribution in [2.45, 2.75) is 25.8 Å². The summed E-state index contributed by atoms with van der Waals surface area (Å²) in [6.07, 6.45) is 6.54. The van der Waals surface area contributed by atoms with E-state index < -0.39 is 0 Å². The average Bonchev–Trinajstić information content (AvgIpc) is 2.24. The van der Waals surface area contributed by atoms with Gasteiger partial charge in [0, 0.05) is 24.1 Å². The minimum Gasteiger partial charge on any atom is -0.493 e. The molecule has 2 N–H and O–H groups in total. The van der Waals surface area contributed by atoms with Crippen molar-refractivity contribution in [3.05, 3.63) is 29.6 Å². The van der Waals surface area contributed by atoms with Crippen LogP contribution in [0.3, 0.4) is 0 Å². The summed E-state index contributed by atoms with van der Waals surface area (Å²) in [6, 6.07) is 4.42. The Hall–Kier alpha value is -1.53. The topological polar surface area (TPSA) is 35.2 Å². The zero-order valence-electron chi connectivity index (χ0n) is 9.37. The van der Waals surface area contributed by atoms with Crippen molar-refractivity contribution in [2.24, 2.45) is 5.73 Å². The van der Waals surface area contributed by atoms with Gasteiger partial charge in [0.25, 0.3) is 0 Å². The van der Waals surface area contributed by atoms with E-state index in [1.807, 2.05) is 0 Å². The molecule has 0 spiro atoms. The zero-order chi connectivity index (χ0) is 12.0. The van der Waals surface area contributed by atoms with Gasteiger partial charge in [-0.2, -0.15) is 0 Å². The Balaban J connectivity index is 2.57. The molecule has 0 aliphatic carbocycles. The third kappa shape index (κ3) is 3.56. The van der Waals surface area contributed by atoms with Crippen molar-refractivity contribution in [1.82, 2.24) is 0 Å². The molecule has 0 radical (unpaired) electrons. The molecule has 0 aliphatic rings. The predicted molar refractivity (Wildman–Crippen MR) is 62.6 cm³/mol. The van der Waals surface area contributed by atoms with E-state index in [4.69, 9.17) is 16.9 Å². The van der Waals surface area contributed by atoms with Crippen LogP contribution in [0.2, 0.25) is 0 Å². The van der Waals surface area contributed by atoms with Gasteiger partial charge in [0.1, 0.15) is 11.6 Å². The molecular weight excluding hydrogens is 205 g/mol.